The van der Waals surface area contributed by atoms with Crippen molar-refractivity contribution >= 4 is 21.8 Å². The zero-order valence-corrected chi connectivity index (χ0v) is 18.1. The van der Waals surface area contributed by atoms with E-state index in [0.717, 1.165) is 12.1 Å². The van der Waals surface area contributed by atoms with Crippen LogP contribution in [0.5, 0.6) is 0 Å². The number of rotatable bonds is 7. The smallest absolute Gasteiger partial charge is 0.243 e. The molecule has 0 radical (unpaired) electrons. The van der Waals surface area contributed by atoms with Crippen molar-refractivity contribution in [1.29, 1.82) is 0 Å². The molecule has 0 bridgehead atoms. The SMILES string of the molecule is COCCCNC(=O)C1CC2(CCN(S(=O)(=O)c3ccc(F)cc3)CC2)C(=O)N1C. The highest BCUT2D eigenvalue weighted by molar-refractivity contribution is 7.89. The van der Waals surface area contributed by atoms with Gasteiger partial charge in [-0.05, 0) is 49.9 Å². The Hall–Kier alpha value is -2.04. The van der Waals surface area contributed by atoms with Crippen LogP contribution in [0.15, 0.2) is 29.2 Å². The van der Waals surface area contributed by atoms with Gasteiger partial charge >= 0.3 is 0 Å². The lowest BCUT2D eigenvalue weighted by atomic mass is 9.76. The summed E-state index contributed by atoms with van der Waals surface area (Å²) in [6.45, 7) is 1.38. The fraction of sp³-hybridized carbons (Fsp3) is 0.600. The number of benzene rings is 1. The quantitative estimate of drug-likeness (QED) is 0.637. The van der Waals surface area contributed by atoms with Gasteiger partial charge in [-0.2, -0.15) is 4.31 Å². The molecule has 2 aliphatic rings. The Morgan fingerprint density at radius 2 is 1.90 bits per heavy atom. The predicted octanol–water partition coefficient (Wildman–Crippen LogP) is 0.980. The number of likely N-dealkylation sites (N-methyl/N-ethyl adjacent to an activating group) is 1. The summed E-state index contributed by atoms with van der Waals surface area (Å²) in [5.74, 6) is -0.809. The lowest BCUT2D eigenvalue weighted by Crippen LogP contribution is -2.46. The number of carbonyl (C=O) groups is 2. The van der Waals surface area contributed by atoms with E-state index in [1.54, 1.807) is 14.2 Å². The molecular formula is C20H28FN3O5S. The van der Waals surface area contributed by atoms with Crippen molar-refractivity contribution in [2.24, 2.45) is 5.41 Å². The fourth-order valence-electron chi connectivity index (χ4n) is 4.25. The Morgan fingerprint density at radius 3 is 2.50 bits per heavy atom. The number of hydrogen-bond donors (Lipinski definition) is 1. The first kappa shape index (κ1) is 22.6. The third-order valence-corrected chi connectivity index (χ3v) is 8.00. The summed E-state index contributed by atoms with van der Waals surface area (Å²) in [6.07, 6.45) is 1.77. The maximum absolute atomic E-state index is 13.1. The van der Waals surface area contributed by atoms with Crippen molar-refractivity contribution in [1.82, 2.24) is 14.5 Å². The maximum atomic E-state index is 13.1. The largest absolute Gasteiger partial charge is 0.385 e. The van der Waals surface area contributed by atoms with E-state index < -0.39 is 27.3 Å². The Bertz CT molecular complexity index is 882. The minimum absolute atomic E-state index is 0.0306. The van der Waals surface area contributed by atoms with E-state index in [1.807, 2.05) is 0 Å². The van der Waals surface area contributed by atoms with Crippen molar-refractivity contribution in [3.05, 3.63) is 30.1 Å². The number of nitrogens with zero attached hydrogens (tertiary/aromatic N) is 2. The number of methoxy groups -OCH3 is 1. The van der Waals surface area contributed by atoms with Crippen molar-refractivity contribution in [2.45, 2.75) is 36.6 Å². The van der Waals surface area contributed by atoms with Crippen molar-refractivity contribution in [2.75, 3.05) is 40.4 Å². The molecule has 3 rings (SSSR count). The Balaban J connectivity index is 1.64. The van der Waals surface area contributed by atoms with Gasteiger partial charge in [0.25, 0.3) is 0 Å². The zero-order valence-electron chi connectivity index (χ0n) is 17.3. The van der Waals surface area contributed by atoms with Gasteiger partial charge in [-0.3, -0.25) is 9.59 Å². The normalized spacial score (nSPS) is 21.9. The molecule has 1 aromatic carbocycles. The Morgan fingerprint density at radius 1 is 1.27 bits per heavy atom. The summed E-state index contributed by atoms with van der Waals surface area (Å²) in [5.41, 5.74) is -0.724. The average Bonchev–Trinajstić information content (AvgIpc) is 2.97. The minimum atomic E-state index is -3.75. The molecular weight excluding hydrogens is 413 g/mol. The first-order chi connectivity index (χ1) is 14.2. The van der Waals surface area contributed by atoms with Gasteiger partial charge in [-0.1, -0.05) is 0 Å². The number of ether oxygens (including phenoxy) is 1. The van der Waals surface area contributed by atoms with Gasteiger partial charge < -0.3 is 15.0 Å². The maximum Gasteiger partial charge on any atom is 0.243 e. The monoisotopic (exact) mass is 441 g/mol. The van der Waals surface area contributed by atoms with Gasteiger partial charge in [-0.15, -0.1) is 0 Å². The lowest BCUT2D eigenvalue weighted by Gasteiger charge is -2.37. The van der Waals surface area contributed by atoms with Crippen LogP contribution in [0.2, 0.25) is 0 Å². The van der Waals surface area contributed by atoms with Crippen LogP contribution in [0.4, 0.5) is 4.39 Å². The molecule has 2 aliphatic heterocycles. The molecule has 2 saturated heterocycles. The standard InChI is InChI=1S/C20H28FN3O5S/c1-23-17(18(25)22-10-3-13-29-2)14-20(19(23)26)8-11-24(12-9-20)30(27,28)16-6-4-15(21)5-7-16/h4-7,17H,3,8-14H2,1-2H3,(H,22,25). The average molecular weight is 442 g/mol. The molecule has 1 spiro atoms. The third kappa shape index (κ3) is 4.35. The second-order valence-electron chi connectivity index (χ2n) is 7.91. The summed E-state index contributed by atoms with van der Waals surface area (Å²) < 4.78 is 45.1. The van der Waals surface area contributed by atoms with Crippen molar-refractivity contribution in [3.63, 3.8) is 0 Å². The summed E-state index contributed by atoms with van der Waals surface area (Å²) >= 11 is 0. The van der Waals surface area contributed by atoms with E-state index in [2.05, 4.69) is 5.32 Å². The number of halogens is 1. The number of hydrogen-bond acceptors (Lipinski definition) is 5. The van der Waals surface area contributed by atoms with Gasteiger partial charge in [0.15, 0.2) is 0 Å². The molecule has 0 aromatic heterocycles. The first-order valence-electron chi connectivity index (χ1n) is 10.0. The van der Waals surface area contributed by atoms with Crippen LogP contribution in [0, 0.1) is 11.2 Å². The molecule has 0 aliphatic carbocycles. The molecule has 1 N–H and O–H groups in total. The highest BCUT2D eigenvalue weighted by atomic mass is 32.2. The molecule has 166 valence electrons. The van der Waals surface area contributed by atoms with Gasteiger partial charge in [-0.25, -0.2) is 12.8 Å². The van der Waals surface area contributed by atoms with Crippen molar-refractivity contribution in [3.8, 4) is 0 Å². The second kappa shape index (κ2) is 8.99. The van der Waals surface area contributed by atoms with E-state index in [0.29, 0.717) is 38.8 Å². The summed E-state index contributed by atoms with van der Waals surface area (Å²) in [5, 5.41) is 2.84. The number of carbonyl (C=O) groups excluding carboxylic acids is 2. The van der Waals surface area contributed by atoms with Crippen LogP contribution >= 0.6 is 0 Å². The molecule has 1 atom stereocenters. The topological polar surface area (TPSA) is 96.0 Å². The highest BCUT2D eigenvalue weighted by Crippen LogP contribution is 2.44. The number of piperidine rings is 1. The molecule has 8 nitrogen and oxygen atoms in total. The molecule has 1 aromatic rings. The Labute approximate surface area is 176 Å². The number of nitrogens with one attached hydrogen (secondary N) is 1. The van der Waals surface area contributed by atoms with Crippen LogP contribution in [-0.2, 0) is 24.3 Å². The third-order valence-electron chi connectivity index (χ3n) is 6.08. The number of amides is 2. The van der Waals surface area contributed by atoms with Crippen LogP contribution < -0.4 is 5.32 Å². The molecule has 30 heavy (non-hydrogen) atoms. The van der Waals surface area contributed by atoms with Gasteiger partial charge in [0.2, 0.25) is 21.8 Å². The molecule has 1 unspecified atom stereocenters. The minimum Gasteiger partial charge on any atom is -0.385 e. The van der Waals surface area contributed by atoms with Gasteiger partial charge in [0.05, 0.1) is 10.3 Å². The van der Waals surface area contributed by atoms with E-state index in [4.69, 9.17) is 4.74 Å². The predicted molar refractivity (Wildman–Crippen MR) is 108 cm³/mol. The van der Waals surface area contributed by atoms with E-state index in [9.17, 15) is 22.4 Å². The molecule has 2 amide bonds. The van der Waals surface area contributed by atoms with Crippen LogP contribution in [0.3, 0.4) is 0 Å². The summed E-state index contributed by atoms with van der Waals surface area (Å²) in [6, 6.07) is 4.16. The molecule has 2 heterocycles. The van der Waals surface area contributed by atoms with E-state index >= 15 is 0 Å². The van der Waals surface area contributed by atoms with Gasteiger partial charge in [0, 0.05) is 40.4 Å². The fourth-order valence-corrected chi connectivity index (χ4v) is 5.69. The van der Waals surface area contributed by atoms with Gasteiger partial charge in [0.1, 0.15) is 11.9 Å². The molecule has 2 fully saturated rings. The van der Waals surface area contributed by atoms with E-state index in [-0.39, 0.29) is 29.8 Å². The number of likely N-dealkylation sites (tertiary alicyclic amines) is 1. The molecule has 10 heteroatoms. The Kier molecular flexibility index (Phi) is 6.78. The van der Waals surface area contributed by atoms with Crippen LogP contribution in [0.25, 0.3) is 0 Å². The van der Waals surface area contributed by atoms with Crippen LogP contribution in [-0.4, -0.2) is 75.9 Å². The number of sulfonamides is 1. The molecule has 0 saturated carbocycles. The first-order valence-corrected chi connectivity index (χ1v) is 11.4. The van der Waals surface area contributed by atoms with Crippen LogP contribution in [0.1, 0.15) is 25.7 Å². The summed E-state index contributed by atoms with van der Waals surface area (Å²) in [4.78, 5) is 27.0. The highest BCUT2D eigenvalue weighted by Gasteiger charge is 2.54. The van der Waals surface area contributed by atoms with E-state index in [1.165, 1.54) is 21.3 Å². The van der Waals surface area contributed by atoms with Crippen molar-refractivity contribution < 1.29 is 27.1 Å². The zero-order chi connectivity index (χ0) is 21.9. The second-order valence-corrected chi connectivity index (χ2v) is 9.85. The lowest BCUT2D eigenvalue weighted by molar-refractivity contribution is -0.139. The summed E-state index contributed by atoms with van der Waals surface area (Å²) in [7, 11) is -0.535.